The van der Waals surface area contributed by atoms with Crippen LogP contribution in [-0.2, 0) is 20.9 Å². The van der Waals surface area contributed by atoms with Crippen molar-refractivity contribution < 1.29 is 28.6 Å². The van der Waals surface area contributed by atoms with Crippen molar-refractivity contribution >= 4 is 23.6 Å². The first kappa shape index (κ1) is 25.5. The van der Waals surface area contributed by atoms with Gasteiger partial charge in [0.1, 0.15) is 12.1 Å². The lowest BCUT2D eigenvalue weighted by Gasteiger charge is -2.19. The Balaban J connectivity index is 1.73. The summed E-state index contributed by atoms with van der Waals surface area (Å²) >= 11 is 0. The van der Waals surface area contributed by atoms with E-state index >= 15 is 0 Å². The molecule has 0 aliphatic rings. The highest BCUT2D eigenvalue weighted by molar-refractivity contribution is 5.93. The number of carbonyl (C=O) groups is 3. The van der Waals surface area contributed by atoms with Gasteiger partial charge in [-0.2, -0.15) is 0 Å². The van der Waals surface area contributed by atoms with E-state index < -0.39 is 11.7 Å². The van der Waals surface area contributed by atoms with E-state index in [2.05, 4.69) is 16.0 Å². The fourth-order valence-electron chi connectivity index (χ4n) is 2.62. The van der Waals surface area contributed by atoms with Crippen LogP contribution in [0.2, 0.25) is 0 Å². The number of hydrogen-bond acceptors (Lipinski definition) is 6. The van der Waals surface area contributed by atoms with Crippen LogP contribution in [0.5, 0.6) is 11.5 Å². The number of nitrogens with one attached hydrogen (secondary N) is 3. The monoisotopic (exact) mass is 457 g/mol. The van der Waals surface area contributed by atoms with Crippen molar-refractivity contribution in [3.05, 3.63) is 54.1 Å². The highest BCUT2D eigenvalue weighted by Gasteiger charge is 2.16. The molecule has 0 radical (unpaired) electrons. The van der Waals surface area contributed by atoms with Crippen molar-refractivity contribution in [2.75, 3.05) is 25.1 Å². The quantitative estimate of drug-likeness (QED) is 0.505. The van der Waals surface area contributed by atoms with Crippen molar-refractivity contribution in [1.29, 1.82) is 0 Å². The Morgan fingerprint density at radius 1 is 0.848 bits per heavy atom. The normalized spacial score (nSPS) is 10.7. The highest BCUT2D eigenvalue weighted by Crippen LogP contribution is 2.26. The number of rotatable bonds is 10. The third-order valence-electron chi connectivity index (χ3n) is 4.03. The second-order valence-electron chi connectivity index (χ2n) is 8.05. The average molecular weight is 458 g/mol. The molecule has 178 valence electrons. The summed E-state index contributed by atoms with van der Waals surface area (Å²) < 4.78 is 16.1. The predicted molar refractivity (Wildman–Crippen MR) is 124 cm³/mol. The SMILES string of the molecule is CCOc1ccccc1OCC(=O)NCc1ccc(NC(=O)CNC(=O)OC(C)(C)C)cc1. The molecule has 33 heavy (non-hydrogen) atoms. The Bertz CT molecular complexity index is 938. The first-order valence-corrected chi connectivity index (χ1v) is 10.6. The van der Waals surface area contributed by atoms with Gasteiger partial charge in [0.2, 0.25) is 5.91 Å². The minimum Gasteiger partial charge on any atom is -0.490 e. The first-order chi connectivity index (χ1) is 15.7. The molecule has 2 aromatic rings. The standard InChI is InChI=1S/C24H31N3O6/c1-5-31-19-8-6-7-9-20(19)32-16-22(29)25-14-17-10-12-18(13-11-17)27-21(28)15-26-23(30)33-24(2,3)4/h6-13H,5,14-16H2,1-4H3,(H,25,29)(H,26,30)(H,27,28). The number of carbonyl (C=O) groups excluding carboxylic acids is 3. The van der Waals surface area contributed by atoms with Crippen molar-refractivity contribution in [2.24, 2.45) is 0 Å². The molecule has 9 nitrogen and oxygen atoms in total. The van der Waals surface area contributed by atoms with E-state index in [-0.39, 0.29) is 25.0 Å². The molecular weight excluding hydrogens is 426 g/mol. The summed E-state index contributed by atoms with van der Waals surface area (Å²) in [5.74, 6) is 0.445. The molecule has 0 spiro atoms. The largest absolute Gasteiger partial charge is 0.490 e. The fourth-order valence-corrected chi connectivity index (χ4v) is 2.62. The Morgan fingerprint density at radius 2 is 1.48 bits per heavy atom. The molecule has 0 fully saturated rings. The zero-order chi connectivity index (χ0) is 24.3. The highest BCUT2D eigenvalue weighted by atomic mass is 16.6. The van der Waals surface area contributed by atoms with Crippen LogP contribution in [0, 0.1) is 0 Å². The summed E-state index contributed by atoms with van der Waals surface area (Å²) in [5, 5.41) is 7.85. The van der Waals surface area contributed by atoms with Gasteiger partial charge in [-0.15, -0.1) is 0 Å². The maximum atomic E-state index is 12.1. The Kier molecular flexibility index (Phi) is 9.53. The van der Waals surface area contributed by atoms with Crippen molar-refractivity contribution in [1.82, 2.24) is 10.6 Å². The molecule has 0 saturated heterocycles. The topological polar surface area (TPSA) is 115 Å². The number of para-hydroxylation sites is 2. The smallest absolute Gasteiger partial charge is 0.408 e. The van der Waals surface area contributed by atoms with Crippen LogP contribution in [0.3, 0.4) is 0 Å². The molecule has 2 aromatic carbocycles. The summed E-state index contributed by atoms with van der Waals surface area (Å²) in [6.45, 7) is 7.57. The van der Waals surface area contributed by atoms with Gasteiger partial charge in [0.05, 0.1) is 6.61 Å². The third-order valence-corrected chi connectivity index (χ3v) is 4.03. The van der Waals surface area contributed by atoms with Gasteiger partial charge in [-0.25, -0.2) is 4.79 Å². The zero-order valence-electron chi connectivity index (χ0n) is 19.4. The number of hydrogen-bond donors (Lipinski definition) is 3. The van der Waals surface area contributed by atoms with Crippen LogP contribution in [-0.4, -0.2) is 43.3 Å². The van der Waals surface area contributed by atoms with Crippen LogP contribution in [0.15, 0.2) is 48.5 Å². The Hall–Kier alpha value is -3.75. The van der Waals surface area contributed by atoms with Gasteiger partial charge in [0.25, 0.3) is 5.91 Å². The van der Waals surface area contributed by atoms with Crippen LogP contribution < -0.4 is 25.4 Å². The lowest BCUT2D eigenvalue weighted by molar-refractivity contribution is -0.123. The van der Waals surface area contributed by atoms with Crippen molar-refractivity contribution in [2.45, 2.75) is 39.8 Å². The summed E-state index contributed by atoms with van der Waals surface area (Å²) in [4.78, 5) is 35.7. The maximum absolute atomic E-state index is 12.1. The first-order valence-electron chi connectivity index (χ1n) is 10.6. The molecule has 3 amide bonds. The van der Waals surface area contributed by atoms with Crippen molar-refractivity contribution in [3.63, 3.8) is 0 Å². The van der Waals surface area contributed by atoms with E-state index in [0.717, 1.165) is 5.56 Å². The molecular formula is C24H31N3O6. The summed E-state index contributed by atoms with van der Waals surface area (Å²) in [6, 6.07) is 14.2. The number of alkyl carbamates (subject to hydrolysis) is 1. The molecule has 3 N–H and O–H groups in total. The molecule has 0 aliphatic heterocycles. The lowest BCUT2D eigenvalue weighted by atomic mass is 10.2. The van der Waals surface area contributed by atoms with Crippen LogP contribution in [0.4, 0.5) is 10.5 Å². The van der Waals surface area contributed by atoms with Gasteiger partial charge in [0, 0.05) is 12.2 Å². The molecule has 0 unspecified atom stereocenters. The van der Waals surface area contributed by atoms with E-state index in [9.17, 15) is 14.4 Å². The molecule has 0 aliphatic carbocycles. The minimum atomic E-state index is -0.658. The molecule has 0 bridgehead atoms. The molecule has 0 atom stereocenters. The summed E-state index contributed by atoms with van der Waals surface area (Å²) in [5.41, 5.74) is 0.784. The summed E-state index contributed by atoms with van der Waals surface area (Å²) in [7, 11) is 0. The third kappa shape index (κ3) is 9.94. The van der Waals surface area contributed by atoms with Crippen LogP contribution in [0.25, 0.3) is 0 Å². The van der Waals surface area contributed by atoms with Gasteiger partial charge in [-0.1, -0.05) is 24.3 Å². The molecule has 0 saturated carbocycles. The van der Waals surface area contributed by atoms with Crippen LogP contribution in [0.1, 0.15) is 33.3 Å². The molecule has 0 heterocycles. The average Bonchev–Trinajstić information content (AvgIpc) is 2.76. The van der Waals surface area contributed by atoms with Crippen molar-refractivity contribution in [3.8, 4) is 11.5 Å². The van der Waals surface area contributed by atoms with E-state index in [0.29, 0.717) is 30.3 Å². The maximum Gasteiger partial charge on any atom is 0.408 e. The van der Waals surface area contributed by atoms with E-state index in [1.165, 1.54) is 0 Å². The van der Waals surface area contributed by atoms with E-state index in [1.54, 1.807) is 57.2 Å². The van der Waals surface area contributed by atoms with Gasteiger partial charge in [-0.3, -0.25) is 9.59 Å². The second kappa shape index (κ2) is 12.3. The number of benzene rings is 2. The predicted octanol–water partition coefficient (Wildman–Crippen LogP) is 3.24. The summed E-state index contributed by atoms with van der Waals surface area (Å²) in [6.07, 6.45) is -0.658. The second-order valence-corrected chi connectivity index (χ2v) is 8.05. The minimum absolute atomic E-state index is 0.136. The Morgan fingerprint density at radius 3 is 2.09 bits per heavy atom. The number of anilines is 1. The van der Waals surface area contributed by atoms with Gasteiger partial charge < -0.3 is 30.2 Å². The van der Waals surface area contributed by atoms with Gasteiger partial charge >= 0.3 is 6.09 Å². The number of amides is 3. The van der Waals surface area contributed by atoms with E-state index in [4.69, 9.17) is 14.2 Å². The molecule has 0 aromatic heterocycles. The van der Waals surface area contributed by atoms with Gasteiger partial charge in [-0.05, 0) is 57.5 Å². The lowest BCUT2D eigenvalue weighted by Crippen LogP contribution is -2.37. The zero-order valence-corrected chi connectivity index (χ0v) is 19.4. The van der Waals surface area contributed by atoms with Gasteiger partial charge in [0.15, 0.2) is 18.1 Å². The Labute approximate surface area is 193 Å². The van der Waals surface area contributed by atoms with Crippen LogP contribution >= 0.6 is 0 Å². The van der Waals surface area contributed by atoms with E-state index in [1.807, 2.05) is 19.1 Å². The molecule has 9 heteroatoms. The number of ether oxygens (including phenoxy) is 3. The fraction of sp³-hybridized carbons (Fsp3) is 0.375. The molecule has 2 rings (SSSR count).